The SMILES string of the molecule is Cc1cc(NCCc2nc(C)no2)c2cccc([N+](=O)[O-])c2n1. The Morgan fingerprint density at radius 1 is 1.30 bits per heavy atom. The molecule has 8 heteroatoms. The van der Waals surface area contributed by atoms with Crippen molar-refractivity contribution in [3.05, 3.63) is 51.8 Å². The van der Waals surface area contributed by atoms with Gasteiger partial charge in [0.2, 0.25) is 5.89 Å². The fourth-order valence-electron chi connectivity index (χ4n) is 2.40. The zero-order chi connectivity index (χ0) is 16.4. The van der Waals surface area contributed by atoms with Gasteiger partial charge in [0.1, 0.15) is 0 Å². The number of nitro benzene ring substituents is 1. The minimum atomic E-state index is -0.417. The fourth-order valence-corrected chi connectivity index (χ4v) is 2.40. The van der Waals surface area contributed by atoms with Crippen LogP contribution in [0.2, 0.25) is 0 Å². The number of rotatable bonds is 5. The van der Waals surface area contributed by atoms with Crippen molar-refractivity contribution in [3.8, 4) is 0 Å². The van der Waals surface area contributed by atoms with Crippen molar-refractivity contribution in [1.29, 1.82) is 0 Å². The van der Waals surface area contributed by atoms with Crippen molar-refractivity contribution in [2.24, 2.45) is 0 Å². The highest BCUT2D eigenvalue weighted by Crippen LogP contribution is 2.29. The van der Waals surface area contributed by atoms with E-state index in [-0.39, 0.29) is 5.69 Å². The number of para-hydroxylation sites is 1. The quantitative estimate of drug-likeness (QED) is 0.570. The molecule has 23 heavy (non-hydrogen) atoms. The number of benzene rings is 1. The van der Waals surface area contributed by atoms with Gasteiger partial charge in [-0.1, -0.05) is 17.3 Å². The molecule has 2 heterocycles. The van der Waals surface area contributed by atoms with E-state index in [1.54, 1.807) is 13.0 Å². The highest BCUT2D eigenvalue weighted by molar-refractivity contribution is 5.96. The first-order chi connectivity index (χ1) is 11.0. The number of anilines is 1. The Morgan fingerprint density at radius 2 is 2.13 bits per heavy atom. The summed E-state index contributed by atoms with van der Waals surface area (Å²) in [6.45, 7) is 4.14. The smallest absolute Gasteiger partial charge is 0.295 e. The summed E-state index contributed by atoms with van der Waals surface area (Å²) in [5, 5.41) is 18.9. The van der Waals surface area contributed by atoms with Crippen LogP contribution in [-0.2, 0) is 6.42 Å². The maximum Gasteiger partial charge on any atom is 0.295 e. The van der Waals surface area contributed by atoms with Crippen LogP contribution in [-0.4, -0.2) is 26.6 Å². The van der Waals surface area contributed by atoms with E-state index in [0.717, 1.165) is 5.69 Å². The normalized spacial score (nSPS) is 10.9. The predicted molar refractivity (Wildman–Crippen MR) is 84.4 cm³/mol. The number of nitrogens with zero attached hydrogens (tertiary/aromatic N) is 4. The van der Waals surface area contributed by atoms with Gasteiger partial charge in [-0.05, 0) is 19.9 Å². The van der Waals surface area contributed by atoms with E-state index in [0.29, 0.717) is 41.3 Å². The van der Waals surface area contributed by atoms with Crippen LogP contribution in [0.25, 0.3) is 10.9 Å². The lowest BCUT2D eigenvalue weighted by Gasteiger charge is -2.10. The van der Waals surface area contributed by atoms with Gasteiger partial charge in [0, 0.05) is 35.8 Å². The van der Waals surface area contributed by atoms with Crippen LogP contribution >= 0.6 is 0 Å². The van der Waals surface area contributed by atoms with Crippen LogP contribution < -0.4 is 5.32 Å². The second-order valence-corrected chi connectivity index (χ2v) is 5.15. The van der Waals surface area contributed by atoms with Crippen LogP contribution in [0.3, 0.4) is 0 Å². The summed E-state index contributed by atoms with van der Waals surface area (Å²) < 4.78 is 5.06. The third-order valence-corrected chi connectivity index (χ3v) is 3.37. The van der Waals surface area contributed by atoms with Crippen LogP contribution in [0.4, 0.5) is 11.4 Å². The Balaban J connectivity index is 1.88. The monoisotopic (exact) mass is 313 g/mol. The second-order valence-electron chi connectivity index (χ2n) is 5.15. The molecule has 0 aliphatic heterocycles. The lowest BCUT2D eigenvalue weighted by Crippen LogP contribution is -2.06. The van der Waals surface area contributed by atoms with Crippen LogP contribution in [0.1, 0.15) is 17.4 Å². The summed E-state index contributed by atoms with van der Waals surface area (Å²) in [4.78, 5) is 19.2. The molecule has 0 saturated carbocycles. The van der Waals surface area contributed by atoms with Crippen LogP contribution in [0.15, 0.2) is 28.8 Å². The maximum atomic E-state index is 11.2. The molecule has 8 nitrogen and oxygen atoms in total. The maximum absolute atomic E-state index is 11.2. The van der Waals surface area contributed by atoms with Gasteiger partial charge in [0.05, 0.1) is 4.92 Å². The molecule has 0 unspecified atom stereocenters. The van der Waals surface area contributed by atoms with Gasteiger partial charge in [-0.25, -0.2) is 4.98 Å². The molecule has 1 N–H and O–H groups in total. The number of aromatic nitrogens is 3. The summed E-state index contributed by atoms with van der Waals surface area (Å²) in [5.41, 5.74) is 1.89. The Morgan fingerprint density at radius 3 is 2.83 bits per heavy atom. The summed E-state index contributed by atoms with van der Waals surface area (Å²) in [7, 11) is 0. The van der Waals surface area contributed by atoms with Gasteiger partial charge in [0.25, 0.3) is 5.69 Å². The van der Waals surface area contributed by atoms with Crippen molar-refractivity contribution in [3.63, 3.8) is 0 Å². The van der Waals surface area contributed by atoms with Gasteiger partial charge in [-0.2, -0.15) is 4.98 Å². The van der Waals surface area contributed by atoms with Crippen LogP contribution in [0, 0.1) is 24.0 Å². The lowest BCUT2D eigenvalue weighted by molar-refractivity contribution is -0.383. The number of aryl methyl sites for hydroxylation is 2. The Labute approximate surface area is 131 Å². The number of pyridine rings is 1. The van der Waals surface area contributed by atoms with E-state index < -0.39 is 4.92 Å². The zero-order valence-corrected chi connectivity index (χ0v) is 12.7. The minimum absolute atomic E-state index is 0.00164. The first-order valence-corrected chi connectivity index (χ1v) is 7.12. The van der Waals surface area contributed by atoms with Gasteiger partial charge in [-0.15, -0.1) is 0 Å². The fraction of sp³-hybridized carbons (Fsp3) is 0.267. The van der Waals surface area contributed by atoms with E-state index in [1.165, 1.54) is 6.07 Å². The molecule has 0 spiro atoms. The third kappa shape index (κ3) is 3.10. The molecular weight excluding hydrogens is 298 g/mol. The average molecular weight is 313 g/mol. The van der Waals surface area contributed by atoms with Gasteiger partial charge in [-0.3, -0.25) is 10.1 Å². The molecule has 0 radical (unpaired) electrons. The topological polar surface area (TPSA) is 107 Å². The predicted octanol–water partition coefficient (Wildman–Crippen LogP) is 2.80. The first-order valence-electron chi connectivity index (χ1n) is 7.12. The number of nitro groups is 1. The van der Waals surface area contributed by atoms with Gasteiger partial charge < -0.3 is 9.84 Å². The van der Waals surface area contributed by atoms with Crippen molar-refractivity contribution in [2.45, 2.75) is 20.3 Å². The summed E-state index contributed by atoms with van der Waals surface area (Å²) in [6, 6.07) is 6.79. The zero-order valence-electron chi connectivity index (χ0n) is 12.7. The molecule has 0 bridgehead atoms. The van der Waals surface area contributed by atoms with Crippen molar-refractivity contribution in [1.82, 2.24) is 15.1 Å². The van der Waals surface area contributed by atoms with E-state index in [9.17, 15) is 10.1 Å². The highest BCUT2D eigenvalue weighted by atomic mass is 16.6. The molecule has 0 atom stereocenters. The van der Waals surface area contributed by atoms with Crippen molar-refractivity contribution < 1.29 is 9.45 Å². The lowest BCUT2D eigenvalue weighted by atomic mass is 10.1. The minimum Gasteiger partial charge on any atom is -0.384 e. The first kappa shape index (κ1) is 14.9. The number of fused-ring (bicyclic) bond motifs is 1. The molecule has 1 aromatic carbocycles. The molecule has 3 aromatic rings. The second kappa shape index (κ2) is 5.99. The molecule has 0 fully saturated rings. The van der Waals surface area contributed by atoms with Crippen molar-refractivity contribution in [2.75, 3.05) is 11.9 Å². The van der Waals surface area contributed by atoms with E-state index in [4.69, 9.17) is 4.52 Å². The third-order valence-electron chi connectivity index (χ3n) is 3.37. The average Bonchev–Trinajstić information content (AvgIpc) is 2.91. The van der Waals surface area contributed by atoms with E-state index >= 15 is 0 Å². The summed E-state index contributed by atoms with van der Waals surface area (Å²) in [5.74, 6) is 1.15. The molecule has 0 amide bonds. The Bertz CT molecular complexity index is 875. The van der Waals surface area contributed by atoms with E-state index in [1.807, 2.05) is 19.1 Å². The molecule has 0 saturated heterocycles. The van der Waals surface area contributed by atoms with Gasteiger partial charge in [0.15, 0.2) is 11.3 Å². The Kier molecular flexibility index (Phi) is 3.88. The number of hydrogen-bond acceptors (Lipinski definition) is 7. The number of nitrogens with one attached hydrogen (secondary N) is 1. The van der Waals surface area contributed by atoms with Gasteiger partial charge >= 0.3 is 0 Å². The van der Waals surface area contributed by atoms with E-state index in [2.05, 4.69) is 20.4 Å². The molecule has 0 aliphatic carbocycles. The van der Waals surface area contributed by atoms with Crippen LogP contribution in [0.5, 0.6) is 0 Å². The molecular formula is C15H15N5O3. The van der Waals surface area contributed by atoms with Crippen molar-refractivity contribution >= 4 is 22.3 Å². The molecule has 3 rings (SSSR count). The standard InChI is InChI=1S/C15H15N5O3/c1-9-8-12(16-7-6-14-18-10(2)19-23-14)11-4-3-5-13(20(21)22)15(11)17-9/h3-5,8H,6-7H2,1-2H3,(H,16,17). The number of hydrogen-bond donors (Lipinski definition) is 1. The molecule has 0 aliphatic rings. The molecule has 2 aromatic heterocycles. The number of non-ortho nitro benzene ring substituents is 1. The summed E-state index contributed by atoms with van der Waals surface area (Å²) in [6.07, 6.45) is 0.568. The Hall–Kier alpha value is -3.03. The largest absolute Gasteiger partial charge is 0.384 e. The summed E-state index contributed by atoms with van der Waals surface area (Å²) >= 11 is 0. The highest BCUT2D eigenvalue weighted by Gasteiger charge is 2.15. The molecule has 118 valence electrons.